The molecule has 0 saturated heterocycles. The van der Waals surface area contributed by atoms with Crippen LogP contribution >= 0.6 is 0 Å². The van der Waals surface area contributed by atoms with E-state index in [4.69, 9.17) is 0 Å². The number of aromatic amines is 1. The van der Waals surface area contributed by atoms with Crippen molar-refractivity contribution in [2.24, 2.45) is 0 Å². The third kappa shape index (κ3) is 4.15. The van der Waals surface area contributed by atoms with Gasteiger partial charge in [0.15, 0.2) is 0 Å². The van der Waals surface area contributed by atoms with Crippen LogP contribution in [0.25, 0.3) is 10.9 Å². The molecule has 2 N–H and O–H groups in total. The van der Waals surface area contributed by atoms with E-state index in [1.54, 1.807) is 13.0 Å². The van der Waals surface area contributed by atoms with Gasteiger partial charge in [0, 0.05) is 17.7 Å². The topological polar surface area (TPSA) is 62.0 Å². The molecule has 0 aliphatic carbocycles. The molecule has 0 saturated carbocycles. The van der Waals surface area contributed by atoms with Gasteiger partial charge in [-0.15, -0.1) is 0 Å². The molecule has 0 bridgehead atoms. The van der Waals surface area contributed by atoms with Crippen LogP contribution < -0.4 is 10.9 Å². The monoisotopic (exact) mass is 334 g/mol. The zero-order chi connectivity index (χ0) is 17.8. The summed E-state index contributed by atoms with van der Waals surface area (Å²) >= 11 is 0. The first-order valence-electron chi connectivity index (χ1n) is 8.56. The fourth-order valence-corrected chi connectivity index (χ4v) is 2.81. The van der Waals surface area contributed by atoms with Gasteiger partial charge in [0.2, 0.25) is 5.91 Å². The van der Waals surface area contributed by atoms with Crippen molar-refractivity contribution in [2.75, 3.05) is 5.32 Å². The van der Waals surface area contributed by atoms with Gasteiger partial charge in [-0.25, -0.2) is 0 Å². The maximum Gasteiger partial charge on any atom is 0.251 e. The quantitative estimate of drug-likeness (QED) is 0.741. The smallest absolute Gasteiger partial charge is 0.251 e. The molecule has 2 aromatic carbocycles. The van der Waals surface area contributed by atoms with E-state index in [1.807, 2.05) is 18.2 Å². The minimum absolute atomic E-state index is 0.0339. The Morgan fingerprint density at radius 1 is 1.04 bits per heavy atom. The van der Waals surface area contributed by atoms with Crippen molar-refractivity contribution in [3.63, 3.8) is 0 Å². The van der Waals surface area contributed by atoms with Gasteiger partial charge in [0.1, 0.15) is 0 Å². The summed E-state index contributed by atoms with van der Waals surface area (Å²) in [6, 6.07) is 15.8. The molecule has 4 nitrogen and oxygen atoms in total. The fourth-order valence-electron chi connectivity index (χ4n) is 2.81. The van der Waals surface area contributed by atoms with E-state index in [2.05, 4.69) is 41.5 Å². The molecule has 1 heterocycles. The molecule has 128 valence electrons. The van der Waals surface area contributed by atoms with E-state index in [0.717, 1.165) is 22.9 Å². The Balaban J connectivity index is 1.64. The lowest BCUT2D eigenvalue weighted by atomic mass is 10.1. The van der Waals surface area contributed by atoms with Gasteiger partial charge >= 0.3 is 0 Å². The average Bonchev–Trinajstić information content (AvgIpc) is 2.61. The summed E-state index contributed by atoms with van der Waals surface area (Å²) in [5.74, 6) is -0.0339. The second-order valence-corrected chi connectivity index (χ2v) is 6.30. The van der Waals surface area contributed by atoms with Crippen molar-refractivity contribution >= 4 is 22.5 Å². The van der Waals surface area contributed by atoms with Crippen LogP contribution in [-0.2, 0) is 17.6 Å². The Labute approximate surface area is 146 Å². The molecule has 1 aromatic heterocycles. The molecule has 1 amide bonds. The van der Waals surface area contributed by atoms with Gasteiger partial charge in [-0.2, -0.15) is 0 Å². The standard InChI is InChI=1S/C21H22N2O2/c1-3-15-4-6-16(7-5-15)8-11-20(24)22-18-10-9-17-12-14(2)21(25)23-19(17)13-18/h4-7,9-10,12-13H,3,8,11H2,1-2H3,(H,22,24)(H,23,25). The maximum absolute atomic E-state index is 12.2. The Hall–Kier alpha value is -2.88. The van der Waals surface area contributed by atoms with Gasteiger partial charge in [0.05, 0.1) is 5.52 Å². The molecule has 4 heteroatoms. The highest BCUT2D eigenvalue weighted by Gasteiger charge is 2.05. The SMILES string of the molecule is CCc1ccc(CCC(=O)Nc2ccc3cc(C)c(=O)[nH]c3c2)cc1. The summed E-state index contributed by atoms with van der Waals surface area (Å²) in [6.45, 7) is 3.90. The minimum atomic E-state index is -0.105. The van der Waals surface area contributed by atoms with Crippen molar-refractivity contribution in [1.29, 1.82) is 0 Å². The van der Waals surface area contributed by atoms with E-state index >= 15 is 0 Å². The lowest BCUT2D eigenvalue weighted by molar-refractivity contribution is -0.116. The van der Waals surface area contributed by atoms with Crippen LogP contribution in [0.5, 0.6) is 0 Å². The van der Waals surface area contributed by atoms with Gasteiger partial charge in [0.25, 0.3) is 5.56 Å². The van der Waals surface area contributed by atoms with Crippen LogP contribution in [0.1, 0.15) is 30.0 Å². The van der Waals surface area contributed by atoms with Gasteiger partial charge in [-0.1, -0.05) is 37.3 Å². The highest BCUT2D eigenvalue weighted by atomic mass is 16.1. The Morgan fingerprint density at radius 2 is 1.76 bits per heavy atom. The Morgan fingerprint density at radius 3 is 2.48 bits per heavy atom. The summed E-state index contributed by atoms with van der Waals surface area (Å²) in [7, 11) is 0. The molecule has 0 unspecified atom stereocenters. The second-order valence-electron chi connectivity index (χ2n) is 6.30. The number of pyridine rings is 1. The van der Waals surface area contributed by atoms with Crippen LogP contribution in [0.4, 0.5) is 5.69 Å². The van der Waals surface area contributed by atoms with Gasteiger partial charge < -0.3 is 10.3 Å². The normalized spacial score (nSPS) is 10.8. The number of hydrogen-bond donors (Lipinski definition) is 2. The zero-order valence-corrected chi connectivity index (χ0v) is 14.6. The van der Waals surface area contributed by atoms with E-state index in [-0.39, 0.29) is 11.5 Å². The summed E-state index contributed by atoms with van der Waals surface area (Å²) in [5.41, 5.74) is 4.45. The summed E-state index contributed by atoms with van der Waals surface area (Å²) in [6.07, 6.45) is 2.15. The number of aryl methyl sites for hydroxylation is 3. The van der Waals surface area contributed by atoms with E-state index in [9.17, 15) is 9.59 Å². The summed E-state index contributed by atoms with van der Waals surface area (Å²) in [4.78, 5) is 26.7. The second kappa shape index (κ2) is 7.34. The van der Waals surface area contributed by atoms with Gasteiger partial charge in [-0.05, 0) is 54.5 Å². The molecular weight excluding hydrogens is 312 g/mol. The first-order chi connectivity index (χ1) is 12.0. The molecule has 3 aromatic rings. The van der Waals surface area contributed by atoms with Crippen LogP contribution in [0.15, 0.2) is 53.3 Å². The van der Waals surface area contributed by atoms with E-state index in [0.29, 0.717) is 24.1 Å². The number of nitrogens with one attached hydrogen (secondary N) is 2. The molecule has 0 aliphatic heterocycles. The van der Waals surface area contributed by atoms with Crippen LogP contribution in [0.2, 0.25) is 0 Å². The Bertz CT molecular complexity index is 956. The van der Waals surface area contributed by atoms with Crippen LogP contribution in [0, 0.1) is 6.92 Å². The molecule has 0 aliphatic rings. The predicted molar refractivity (Wildman–Crippen MR) is 102 cm³/mol. The third-order valence-electron chi connectivity index (χ3n) is 4.39. The molecular formula is C21H22N2O2. The first kappa shape index (κ1) is 17.0. The number of hydrogen-bond acceptors (Lipinski definition) is 2. The van der Waals surface area contributed by atoms with Crippen molar-refractivity contribution in [3.05, 3.63) is 75.6 Å². The van der Waals surface area contributed by atoms with Crippen molar-refractivity contribution in [2.45, 2.75) is 33.1 Å². The molecule has 0 spiro atoms. The molecule has 0 atom stereocenters. The number of carbonyl (C=O) groups is 1. The lowest BCUT2D eigenvalue weighted by Crippen LogP contribution is -2.13. The van der Waals surface area contributed by atoms with Crippen molar-refractivity contribution in [1.82, 2.24) is 4.98 Å². The number of amides is 1. The molecule has 3 rings (SSSR count). The van der Waals surface area contributed by atoms with Gasteiger partial charge in [-0.3, -0.25) is 9.59 Å². The Kier molecular flexibility index (Phi) is 4.98. The van der Waals surface area contributed by atoms with Crippen LogP contribution in [-0.4, -0.2) is 10.9 Å². The average molecular weight is 334 g/mol. The minimum Gasteiger partial charge on any atom is -0.326 e. The number of fused-ring (bicyclic) bond motifs is 1. The zero-order valence-electron chi connectivity index (χ0n) is 14.6. The van der Waals surface area contributed by atoms with Crippen molar-refractivity contribution < 1.29 is 4.79 Å². The highest BCUT2D eigenvalue weighted by Crippen LogP contribution is 2.17. The number of benzene rings is 2. The molecule has 0 radical (unpaired) electrons. The largest absolute Gasteiger partial charge is 0.326 e. The summed E-state index contributed by atoms with van der Waals surface area (Å²) in [5, 5.41) is 3.85. The van der Waals surface area contributed by atoms with Crippen molar-refractivity contribution in [3.8, 4) is 0 Å². The highest BCUT2D eigenvalue weighted by molar-refractivity contribution is 5.93. The number of aromatic nitrogens is 1. The molecule has 0 fully saturated rings. The summed E-state index contributed by atoms with van der Waals surface area (Å²) < 4.78 is 0. The number of carbonyl (C=O) groups excluding carboxylic acids is 1. The predicted octanol–water partition coefficient (Wildman–Crippen LogP) is 3.97. The maximum atomic E-state index is 12.2. The third-order valence-corrected chi connectivity index (χ3v) is 4.39. The molecule has 25 heavy (non-hydrogen) atoms. The van der Waals surface area contributed by atoms with E-state index in [1.165, 1.54) is 5.56 Å². The van der Waals surface area contributed by atoms with Crippen LogP contribution in [0.3, 0.4) is 0 Å². The first-order valence-corrected chi connectivity index (χ1v) is 8.56. The number of rotatable bonds is 5. The fraction of sp³-hybridized carbons (Fsp3) is 0.238. The lowest BCUT2D eigenvalue weighted by Gasteiger charge is -2.07. The van der Waals surface area contributed by atoms with E-state index < -0.39 is 0 Å². The number of anilines is 1. The number of H-pyrrole nitrogens is 1.